The maximum atomic E-state index is 13.4. The topological polar surface area (TPSA) is 52.6 Å². The maximum absolute atomic E-state index is 13.4. The number of esters is 1. The van der Waals surface area contributed by atoms with Gasteiger partial charge in [0.05, 0.1) is 19.8 Å². The fraction of sp³-hybridized carbons (Fsp3) is 0.385. The minimum atomic E-state index is -0.573. The predicted molar refractivity (Wildman–Crippen MR) is 63.1 cm³/mol. The Hall–Kier alpha value is -1.91. The van der Waals surface area contributed by atoms with Crippen LogP contribution in [0.2, 0.25) is 0 Å². The molecule has 0 aliphatic heterocycles. The molecule has 18 heavy (non-hydrogen) atoms. The van der Waals surface area contributed by atoms with Crippen molar-refractivity contribution in [3.05, 3.63) is 29.6 Å². The number of benzene rings is 1. The average Bonchev–Trinajstić information content (AvgIpc) is 2.37. The summed E-state index contributed by atoms with van der Waals surface area (Å²) in [6.45, 7) is 0. The molecule has 0 N–H and O–H groups in total. The Labute approximate surface area is 105 Å². The summed E-state index contributed by atoms with van der Waals surface area (Å²) in [5.41, 5.74) is 0.197. The van der Waals surface area contributed by atoms with Gasteiger partial charge < -0.3 is 9.47 Å². The van der Waals surface area contributed by atoms with Gasteiger partial charge in [-0.15, -0.1) is 0 Å². The third-order valence-corrected chi connectivity index (χ3v) is 2.48. The van der Waals surface area contributed by atoms with Crippen molar-refractivity contribution in [2.24, 2.45) is 0 Å². The first-order valence-corrected chi connectivity index (χ1v) is 5.52. The van der Waals surface area contributed by atoms with Gasteiger partial charge in [-0.2, -0.15) is 0 Å². The zero-order chi connectivity index (χ0) is 13.5. The molecule has 4 nitrogen and oxygen atoms in total. The molecule has 0 bridgehead atoms. The number of carbonyl (C=O) groups is 2. The van der Waals surface area contributed by atoms with E-state index in [2.05, 4.69) is 4.74 Å². The number of carbonyl (C=O) groups excluding carboxylic acids is 2. The van der Waals surface area contributed by atoms with Gasteiger partial charge in [-0.1, -0.05) is 6.07 Å². The summed E-state index contributed by atoms with van der Waals surface area (Å²) in [6, 6.07) is 4.18. The third-order valence-electron chi connectivity index (χ3n) is 2.48. The molecule has 1 aromatic rings. The highest BCUT2D eigenvalue weighted by Gasteiger charge is 2.15. The van der Waals surface area contributed by atoms with Gasteiger partial charge in [0.25, 0.3) is 0 Å². The molecule has 0 spiro atoms. The highest BCUT2D eigenvalue weighted by Crippen LogP contribution is 2.24. The standard InChI is InChI=1S/C13H15FO4/c1-17-12(16)8-4-7-11(15)9-5-3-6-10(14)13(9)18-2/h3,5-6H,4,7-8H2,1-2H3. The summed E-state index contributed by atoms with van der Waals surface area (Å²) in [4.78, 5) is 22.7. The summed E-state index contributed by atoms with van der Waals surface area (Å²) in [6.07, 6.45) is 0.681. The molecule has 0 saturated carbocycles. The molecule has 0 saturated heterocycles. The molecule has 0 fully saturated rings. The van der Waals surface area contributed by atoms with Crippen LogP contribution in [0.15, 0.2) is 18.2 Å². The van der Waals surface area contributed by atoms with E-state index < -0.39 is 5.82 Å². The Balaban J connectivity index is 2.67. The van der Waals surface area contributed by atoms with Crippen molar-refractivity contribution in [2.75, 3.05) is 14.2 Å². The number of ether oxygens (including phenoxy) is 2. The Morgan fingerprint density at radius 3 is 2.56 bits per heavy atom. The number of halogens is 1. The second kappa shape index (κ2) is 6.74. The lowest BCUT2D eigenvalue weighted by Crippen LogP contribution is -2.06. The number of ketones is 1. The highest BCUT2D eigenvalue weighted by atomic mass is 19.1. The molecule has 0 aliphatic carbocycles. The van der Waals surface area contributed by atoms with Crippen LogP contribution >= 0.6 is 0 Å². The number of hydrogen-bond donors (Lipinski definition) is 0. The van der Waals surface area contributed by atoms with E-state index in [-0.39, 0.29) is 35.9 Å². The minimum Gasteiger partial charge on any atom is -0.493 e. The van der Waals surface area contributed by atoms with E-state index in [9.17, 15) is 14.0 Å². The van der Waals surface area contributed by atoms with Crippen molar-refractivity contribution in [2.45, 2.75) is 19.3 Å². The van der Waals surface area contributed by atoms with Gasteiger partial charge in [0.2, 0.25) is 0 Å². The maximum Gasteiger partial charge on any atom is 0.305 e. The van der Waals surface area contributed by atoms with Gasteiger partial charge in [-0.05, 0) is 18.6 Å². The highest BCUT2D eigenvalue weighted by molar-refractivity contribution is 5.98. The van der Waals surface area contributed by atoms with Crippen LogP contribution in [0, 0.1) is 5.82 Å². The molecular formula is C13H15FO4. The quantitative estimate of drug-likeness (QED) is 0.577. The van der Waals surface area contributed by atoms with Crippen LogP contribution in [0.5, 0.6) is 5.75 Å². The van der Waals surface area contributed by atoms with E-state index in [1.165, 1.54) is 32.4 Å². The molecule has 0 unspecified atom stereocenters. The number of methoxy groups -OCH3 is 2. The Morgan fingerprint density at radius 1 is 1.22 bits per heavy atom. The van der Waals surface area contributed by atoms with Crippen LogP contribution in [0.25, 0.3) is 0 Å². The van der Waals surface area contributed by atoms with E-state index in [1.807, 2.05) is 0 Å². The second-order valence-corrected chi connectivity index (χ2v) is 3.67. The fourth-order valence-electron chi connectivity index (χ4n) is 1.57. The van der Waals surface area contributed by atoms with Gasteiger partial charge in [0.1, 0.15) is 0 Å². The van der Waals surface area contributed by atoms with E-state index in [0.29, 0.717) is 6.42 Å². The molecule has 0 atom stereocenters. The van der Waals surface area contributed by atoms with Crippen LogP contribution in [0.4, 0.5) is 4.39 Å². The molecular weight excluding hydrogens is 239 g/mol. The summed E-state index contributed by atoms with van der Waals surface area (Å²) >= 11 is 0. The predicted octanol–water partition coefficient (Wildman–Crippen LogP) is 2.36. The first kappa shape index (κ1) is 14.2. The molecule has 0 aromatic heterocycles. The van der Waals surface area contributed by atoms with Crippen molar-refractivity contribution in [3.8, 4) is 5.75 Å². The summed E-state index contributed by atoms with van der Waals surface area (Å²) in [5.74, 6) is -1.25. The molecule has 0 aliphatic rings. The molecule has 1 rings (SSSR count). The Morgan fingerprint density at radius 2 is 1.94 bits per heavy atom. The lowest BCUT2D eigenvalue weighted by molar-refractivity contribution is -0.140. The van der Waals surface area contributed by atoms with E-state index in [1.54, 1.807) is 0 Å². The zero-order valence-corrected chi connectivity index (χ0v) is 10.4. The third kappa shape index (κ3) is 3.55. The largest absolute Gasteiger partial charge is 0.493 e. The van der Waals surface area contributed by atoms with Crippen LogP contribution in [-0.2, 0) is 9.53 Å². The van der Waals surface area contributed by atoms with E-state index in [4.69, 9.17) is 4.74 Å². The second-order valence-electron chi connectivity index (χ2n) is 3.67. The van der Waals surface area contributed by atoms with Crippen molar-refractivity contribution >= 4 is 11.8 Å². The SMILES string of the molecule is COC(=O)CCCC(=O)c1cccc(F)c1OC. The first-order chi connectivity index (χ1) is 8.60. The number of Topliss-reactive ketones (excluding diaryl/α,β-unsaturated/α-hetero) is 1. The monoisotopic (exact) mass is 254 g/mol. The van der Waals surface area contributed by atoms with Gasteiger partial charge in [-0.3, -0.25) is 9.59 Å². The molecule has 5 heteroatoms. The Bertz CT molecular complexity index is 443. The molecule has 1 aromatic carbocycles. The van der Waals surface area contributed by atoms with Gasteiger partial charge in [0, 0.05) is 12.8 Å². The van der Waals surface area contributed by atoms with Crippen LogP contribution in [0.1, 0.15) is 29.6 Å². The smallest absolute Gasteiger partial charge is 0.305 e. The lowest BCUT2D eigenvalue weighted by Gasteiger charge is -2.08. The zero-order valence-electron chi connectivity index (χ0n) is 10.4. The summed E-state index contributed by atoms with van der Waals surface area (Å²) in [7, 11) is 2.60. The molecule has 0 radical (unpaired) electrons. The van der Waals surface area contributed by atoms with Crippen molar-refractivity contribution in [1.82, 2.24) is 0 Å². The molecule has 0 heterocycles. The van der Waals surface area contributed by atoms with Crippen molar-refractivity contribution in [3.63, 3.8) is 0 Å². The van der Waals surface area contributed by atoms with E-state index >= 15 is 0 Å². The average molecular weight is 254 g/mol. The van der Waals surface area contributed by atoms with Gasteiger partial charge in [-0.25, -0.2) is 4.39 Å². The Kier molecular flexibility index (Phi) is 5.30. The molecule has 0 amide bonds. The first-order valence-electron chi connectivity index (χ1n) is 5.52. The van der Waals surface area contributed by atoms with Crippen LogP contribution in [0.3, 0.4) is 0 Å². The normalized spacial score (nSPS) is 9.94. The van der Waals surface area contributed by atoms with Gasteiger partial charge in [0.15, 0.2) is 17.3 Å². The number of rotatable bonds is 6. The van der Waals surface area contributed by atoms with Crippen molar-refractivity contribution in [1.29, 1.82) is 0 Å². The summed E-state index contributed by atoms with van der Waals surface area (Å²) < 4.78 is 22.7. The number of para-hydroxylation sites is 1. The van der Waals surface area contributed by atoms with Crippen molar-refractivity contribution < 1.29 is 23.5 Å². The van der Waals surface area contributed by atoms with Crippen LogP contribution in [-0.4, -0.2) is 26.0 Å². The van der Waals surface area contributed by atoms with Gasteiger partial charge >= 0.3 is 5.97 Å². The van der Waals surface area contributed by atoms with Crippen LogP contribution < -0.4 is 4.74 Å². The molecule has 98 valence electrons. The summed E-state index contributed by atoms with van der Waals surface area (Å²) in [5, 5.41) is 0. The lowest BCUT2D eigenvalue weighted by atomic mass is 10.0. The fourth-order valence-corrected chi connectivity index (χ4v) is 1.57. The number of hydrogen-bond acceptors (Lipinski definition) is 4. The van der Waals surface area contributed by atoms with E-state index in [0.717, 1.165) is 0 Å². The minimum absolute atomic E-state index is 0.0550.